The first-order valence-corrected chi connectivity index (χ1v) is 44.8. The summed E-state index contributed by atoms with van der Waals surface area (Å²) >= 11 is 0. The van der Waals surface area contributed by atoms with Crippen molar-refractivity contribution in [1.29, 1.82) is 0 Å². The van der Waals surface area contributed by atoms with Gasteiger partial charge in [-0.15, -0.1) is 0 Å². The summed E-state index contributed by atoms with van der Waals surface area (Å²) in [6.07, 6.45) is 4.62. The van der Waals surface area contributed by atoms with Crippen molar-refractivity contribution >= 4 is 135 Å². The summed E-state index contributed by atoms with van der Waals surface area (Å²) in [4.78, 5) is 184. The van der Waals surface area contributed by atoms with Crippen molar-refractivity contribution in [3.63, 3.8) is 0 Å². The maximum absolute atomic E-state index is 12.5. The number of ether oxygens (including phenoxy) is 3. The van der Waals surface area contributed by atoms with Crippen molar-refractivity contribution in [2.45, 2.75) is 138 Å². The molecule has 6 aromatic heterocycles. The van der Waals surface area contributed by atoms with Crippen LogP contribution in [-0.2, 0) is 49.7 Å². The van der Waals surface area contributed by atoms with Crippen LogP contribution in [0.3, 0.4) is 0 Å². The topological polar surface area (TPSA) is 489 Å². The summed E-state index contributed by atoms with van der Waals surface area (Å²) in [6, 6.07) is 33.5. The van der Waals surface area contributed by atoms with Crippen LogP contribution in [0, 0.1) is 0 Å². The first-order valence-electron chi connectivity index (χ1n) is 44.8. The molecule has 36 heteroatoms. The number of benzene rings is 6. The van der Waals surface area contributed by atoms with Gasteiger partial charge in [0.15, 0.2) is 17.3 Å². The fraction of sp³-hybridized carbons (Fsp3) is 0.376. The second kappa shape index (κ2) is 49.6. The van der Waals surface area contributed by atoms with E-state index in [1.54, 1.807) is 96.9 Å². The minimum absolute atomic E-state index is 0.0123. The number of Topliss-reactive ketones (excluding diaryl/α,β-unsaturated/α-hetero) is 6. The normalized spacial score (nSPS) is 12.8. The van der Waals surface area contributed by atoms with Crippen LogP contribution in [0.2, 0.25) is 0 Å². The smallest absolute Gasteiger partial charge is 0.349 e. The first kappa shape index (κ1) is 106. The third kappa shape index (κ3) is 27.2. The zero-order chi connectivity index (χ0) is 100. The van der Waals surface area contributed by atoms with Gasteiger partial charge in [0, 0.05) is 168 Å². The third-order valence-corrected chi connectivity index (χ3v) is 23.5. The van der Waals surface area contributed by atoms with E-state index in [1.807, 2.05) is 36.4 Å². The number of likely N-dealkylation sites (N-methyl/N-ethyl adjacent to an activating group) is 5. The number of hydrogen-bond acceptors (Lipinski definition) is 33. The van der Waals surface area contributed by atoms with E-state index in [1.165, 1.54) is 97.3 Å². The fourth-order valence-corrected chi connectivity index (χ4v) is 15.6. The molecule has 0 radical (unpaired) electrons. The first-order chi connectivity index (χ1) is 65.4. The van der Waals surface area contributed by atoms with Crippen LogP contribution in [0.4, 0.5) is 17.1 Å². The van der Waals surface area contributed by atoms with Crippen LogP contribution in [0.15, 0.2) is 183 Å². The Bertz CT molecular complexity index is 6840. The molecule has 0 fully saturated rings. The van der Waals surface area contributed by atoms with Crippen molar-refractivity contribution in [1.82, 2.24) is 42.5 Å². The highest BCUT2D eigenvalue weighted by Gasteiger charge is 2.30. The molecule has 137 heavy (non-hydrogen) atoms. The quantitative estimate of drug-likeness (QED) is 0.0137. The Morgan fingerprint density at radius 1 is 0.380 bits per heavy atom. The number of aromatic hydroxyl groups is 1. The fourth-order valence-electron chi connectivity index (χ4n) is 15.6. The molecule has 36 nitrogen and oxygen atoms in total. The number of ketones is 6. The third-order valence-electron chi connectivity index (χ3n) is 23.5. The van der Waals surface area contributed by atoms with Gasteiger partial charge in [0.1, 0.15) is 96.2 Å². The SMILES string of the molecule is CCN(CC)c1ccc2cc(C(=O)NC[C@H](NC)C(C)=O)c(=O)oc2c1.CCN(CC)c1ccc2cc(C(C)=O)c(=O)oc2c1.CN[C@@H](CNC(=O)c1cc2cc3c4c(c2oc1=O)CCCN4CCC3)C(C)=O.CN[C@@H](CNC(=O)c1cc2ccc(O)cc2oc1=O)C(C)=O.CN[C@@H](Cc1cc2cc(OC)c(OC)cc2oc1=O)C(C)=O.CN[C@@H](Cc1cc2ccc(OC)cc2oc1=O)C(C)=O. The zero-order valence-corrected chi connectivity index (χ0v) is 80.2. The number of hydrogen-bond donors (Lipinski definition) is 9. The van der Waals surface area contributed by atoms with E-state index in [9.17, 15) is 77.0 Å². The number of rotatable bonds is 33. The van der Waals surface area contributed by atoms with E-state index in [2.05, 4.69) is 91.0 Å². The lowest BCUT2D eigenvalue weighted by Crippen LogP contribution is -2.44. The molecule has 5 atom stereocenters. The van der Waals surface area contributed by atoms with E-state index >= 15 is 0 Å². The van der Waals surface area contributed by atoms with E-state index in [4.69, 9.17) is 40.7 Å². The molecule has 2 aliphatic rings. The summed E-state index contributed by atoms with van der Waals surface area (Å²) in [5.74, 6) is -0.690. The Hall–Kier alpha value is -14.6. The van der Waals surface area contributed by atoms with Gasteiger partial charge in [0.25, 0.3) is 17.7 Å². The molecule has 14 rings (SSSR count). The van der Waals surface area contributed by atoms with Crippen molar-refractivity contribution in [3.8, 4) is 23.0 Å². The Balaban J connectivity index is 0.000000185. The van der Waals surface area contributed by atoms with Gasteiger partial charge in [-0.3, -0.25) is 43.2 Å². The standard InChI is InChI=1S/C21H25N3O4.C19H25N3O4.C16H19NO5.C15H16N2O5.C15H17NO4.C15H17NO3/c1-12(25)17(22-2)11-23-20(26)16-10-14-9-13-5-3-7-24-8-4-6-15(18(13)24)19(14)28-21(16)27;1-5-22(6-2)14-8-7-13-9-15(19(25)26-17(13)10-14)18(24)21-11-16(20-4)12(3)23;1-9(18)12(17-2)6-11-5-10-7-14(20-3)15(21-4)8-13(10)22-16(11)19;1-8(18)12(16-2)7-17-14(20)11-5-9-3-4-10(19)6-13(9)22-15(11)21;1-9(17)13(16-2)7-11-6-10-4-5-12(19-3)8-14(10)20-15(11)18;1-4-16(5-2)12-7-6-11-8-13(10(3)17)15(18)19-14(11)9-12/h9-10,17,22H,3-8,11H2,1-2H3,(H,23,26);7-10,16,20H,5-6,11H2,1-4H3,(H,21,24);5,7-8,12,17H,6H2,1-4H3;3-6,12,16,19H,7H2,1-2H3,(H,17,20);4-6,8,13,16H,7H2,1-3H3;6-9H,4-5H2,1-3H3/t17-;16-;2*12-;13-;/m00000./s1. The van der Waals surface area contributed by atoms with Crippen LogP contribution < -0.4 is 105 Å². The Labute approximate surface area is 788 Å². The van der Waals surface area contributed by atoms with Crippen LogP contribution in [0.1, 0.15) is 146 Å². The van der Waals surface area contributed by atoms with E-state index < -0.39 is 75.6 Å². The Morgan fingerprint density at radius 3 is 1.15 bits per heavy atom. The lowest BCUT2D eigenvalue weighted by atomic mass is 9.90. The van der Waals surface area contributed by atoms with Crippen molar-refractivity contribution in [2.24, 2.45) is 0 Å². The molecule has 9 N–H and O–H groups in total. The maximum Gasteiger partial charge on any atom is 0.349 e. The minimum atomic E-state index is -0.806. The maximum atomic E-state index is 12.5. The number of phenols is 1. The molecule has 12 aromatic rings. The average molecular weight is 1890 g/mol. The van der Waals surface area contributed by atoms with Gasteiger partial charge in [-0.05, 0) is 233 Å². The summed E-state index contributed by atoms with van der Waals surface area (Å²) in [6.45, 7) is 22.7. The lowest BCUT2D eigenvalue weighted by Gasteiger charge is -2.37. The molecule has 8 heterocycles. The summed E-state index contributed by atoms with van der Waals surface area (Å²) in [7, 11) is 12.9. The number of carbonyl (C=O) groups is 9. The molecule has 0 aliphatic carbocycles. The highest BCUT2D eigenvalue weighted by atomic mass is 16.5. The number of amides is 3. The van der Waals surface area contributed by atoms with Gasteiger partial charge in [0.05, 0.1) is 51.5 Å². The van der Waals surface area contributed by atoms with E-state index in [0.29, 0.717) is 78.9 Å². The van der Waals surface area contributed by atoms with Gasteiger partial charge in [-0.1, -0.05) is 0 Å². The van der Waals surface area contributed by atoms with Gasteiger partial charge in [-0.25, -0.2) is 28.8 Å². The summed E-state index contributed by atoms with van der Waals surface area (Å²) in [5, 5.41) is 35.6. The van der Waals surface area contributed by atoms with Crippen molar-refractivity contribution in [3.05, 3.63) is 234 Å². The molecule has 3 amide bonds. The number of aryl methyl sites for hydroxylation is 2. The van der Waals surface area contributed by atoms with Crippen molar-refractivity contribution in [2.75, 3.05) is 130 Å². The second-order valence-electron chi connectivity index (χ2n) is 32.4. The minimum Gasteiger partial charge on any atom is -0.508 e. The van der Waals surface area contributed by atoms with E-state index in [-0.39, 0.29) is 100 Å². The average Bonchev–Trinajstić information content (AvgIpc) is 0.743. The van der Waals surface area contributed by atoms with Gasteiger partial charge in [0.2, 0.25) is 0 Å². The largest absolute Gasteiger partial charge is 0.508 e. The zero-order valence-electron chi connectivity index (χ0n) is 80.2. The molecule has 0 saturated heterocycles. The number of phenolic OH excluding ortho intramolecular Hbond substituents is 1. The number of fused-ring (bicyclic) bond motifs is 7. The van der Waals surface area contributed by atoms with Gasteiger partial charge in [-0.2, -0.15) is 0 Å². The van der Waals surface area contributed by atoms with Crippen LogP contribution in [0.25, 0.3) is 65.8 Å². The molecule has 0 unspecified atom stereocenters. The molecule has 0 spiro atoms. The predicted molar refractivity (Wildman–Crippen MR) is 524 cm³/mol. The summed E-state index contributed by atoms with van der Waals surface area (Å²) < 4.78 is 47.4. The van der Waals surface area contributed by atoms with Gasteiger partial charge < -0.3 is 103 Å². The number of carbonyl (C=O) groups excluding carboxylic acids is 9. The molecule has 728 valence electrons. The Kier molecular flexibility index (Phi) is 38.4. The van der Waals surface area contributed by atoms with Crippen molar-refractivity contribution < 1.29 is 89.0 Å². The monoisotopic (exact) mass is 1890 g/mol. The Morgan fingerprint density at radius 2 is 0.737 bits per heavy atom. The summed E-state index contributed by atoms with van der Waals surface area (Å²) in [5.41, 5.74) is 5.35. The molecule has 0 saturated carbocycles. The lowest BCUT2D eigenvalue weighted by molar-refractivity contribution is -0.119. The predicted octanol–water partition coefficient (Wildman–Crippen LogP) is 9.24. The van der Waals surface area contributed by atoms with Crippen LogP contribution in [0.5, 0.6) is 23.0 Å². The molecule has 2 aliphatic heterocycles. The highest BCUT2D eigenvalue weighted by molar-refractivity contribution is 6.01. The molecular formula is C101H119N11O25. The van der Waals surface area contributed by atoms with Crippen LogP contribution in [-0.4, -0.2) is 203 Å². The van der Waals surface area contributed by atoms with Crippen LogP contribution >= 0.6 is 0 Å². The number of nitrogens with zero attached hydrogens (tertiary/aromatic N) is 3. The molecule has 0 bridgehead atoms. The number of methoxy groups -OCH3 is 3. The highest BCUT2D eigenvalue weighted by Crippen LogP contribution is 2.40. The van der Waals surface area contributed by atoms with Gasteiger partial charge >= 0.3 is 33.8 Å². The van der Waals surface area contributed by atoms with E-state index in [0.717, 1.165) is 98.0 Å². The molecule has 6 aromatic carbocycles. The second-order valence-corrected chi connectivity index (χ2v) is 32.4. The number of anilines is 3. The number of nitrogens with one attached hydrogen (secondary N) is 8. The molecular weight excluding hydrogens is 1770 g/mol.